The van der Waals surface area contributed by atoms with Crippen LogP contribution in [0.3, 0.4) is 0 Å². The number of hydrogen-bond donors (Lipinski definition) is 1. The van der Waals surface area contributed by atoms with E-state index in [9.17, 15) is 13.2 Å². The highest BCUT2D eigenvalue weighted by atomic mass is 35.5. The molecule has 1 aromatic rings. The summed E-state index contributed by atoms with van der Waals surface area (Å²) in [6.07, 6.45) is 0.427. The van der Waals surface area contributed by atoms with Gasteiger partial charge in [-0.3, -0.25) is 4.79 Å². The second-order valence-electron chi connectivity index (χ2n) is 4.47. The third-order valence-corrected chi connectivity index (χ3v) is 4.46. The van der Waals surface area contributed by atoms with Crippen LogP contribution in [-0.2, 0) is 21.1 Å². The maximum Gasteiger partial charge on any atom is 0.240 e. The van der Waals surface area contributed by atoms with Crippen LogP contribution < -0.4 is 5.73 Å². The molecule has 1 aliphatic rings. The van der Waals surface area contributed by atoms with Gasteiger partial charge in [0.1, 0.15) is 5.88 Å². The van der Waals surface area contributed by atoms with Gasteiger partial charge in [-0.05, 0) is 12.0 Å². The lowest BCUT2D eigenvalue weighted by Gasteiger charge is -2.19. The van der Waals surface area contributed by atoms with Gasteiger partial charge in [-0.1, -0.05) is 30.3 Å². The van der Waals surface area contributed by atoms with E-state index < -0.39 is 15.9 Å². The highest BCUT2D eigenvalue weighted by Crippen LogP contribution is 2.10. The molecule has 0 aromatic heterocycles. The minimum absolute atomic E-state index is 0. The van der Waals surface area contributed by atoms with Crippen LogP contribution in [0.2, 0.25) is 0 Å². The van der Waals surface area contributed by atoms with Crippen molar-refractivity contribution in [3.05, 3.63) is 35.9 Å². The Kier molecular flexibility index (Phi) is 5.34. The summed E-state index contributed by atoms with van der Waals surface area (Å²) in [4.78, 5) is 13.3. The Labute approximate surface area is 119 Å². The van der Waals surface area contributed by atoms with Gasteiger partial charge in [0.2, 0.25) is 5.91 Å². The molecule has 2 rings (SSSR count). The predicted octanol–water partition coefficient (Wildman–Crippen LogP) is 0.193. The van der Waals surface area contributed by atoms with Crippen molar-refractivity contribution in [2.75, 3.05) is 18.2 Å². The third-order valence-electron chi connectivity index (χ3n) is 2.95. The standard InChI is InChI=1S/C12H16N2O3S.ClH/c13-11(8-10-4-2-1-3-5-10)12(15)14-6-7-18(16,17)9-14;/h1-5,11H,6-9,13H2;1H. The summed E-state index contributed by atoms with van der Waals surface area (Å²) >= 11 is 0. The van der Waals surface area contributed by atoms with E-state index in [0.29, 0.717) is 6.42 Å². The maximum absolute atomic E-state index is 12.0. The molecular weight excluding hydrogens is 288 g/mol. The second kappa shape index (κ2) is 6.36. The highest BCUT2D eigenvalue weighted by Gasteiger charge is 2.31. The van der Waals surface area contributed by atoms with Gasteiger partial charge in [-0.15, -0.1) is 12.4 Å². The number of carbonyl (C=O) groups excluding carboxylic acids is 1. The molecule has 0 bridgehead atoms. The lowest BCUT2D eigenvalue weighted by Crippen LogP contribution is -2.44. The maximum atomic E-state index is 12.0. The summed E-state index contributed by atoms with van der Waals surface area (Å²) in [5.74, 6) is -0.453. The molecule has 5 nitrogen and oxygen atoms in total. The quantitative estimate of drug-likeness (QED) is 0.864. The predicted molar refractivity (Wildman–Crippen MR) is 75.7 cm³/mol. The molecule has 1 aromatic carbocycles. The molecule has 7 heteroatoms. The molecule has 1 unspecified atom stereocenters. The van der Waals surface area contributed by atoms with Crippen molar-refractivity contribution in [1.82, 2.24) is 4.90 Å². The number of hydrogen-bond acceptors (Lipinski definition) is 4. The zero-order valence-electron chi connectivity index (χ0n) is 10.4. The van der Waals surface area contributed by atoms with E-state index in [1.54, 1.807) is 0 Å². The van der Waals surface area contributed by atoms with Gasteiger partial charge in [-0.25, -0.2) is 8.42 Å². The number of benzene rings is 1. The lowest BCUT2D eigenvalue weighted by atomic mass is 10.1. The molecule has 106 valence electrons. The number of amides is 1. The largest absolute Gasteiger partial charge is 0.326 e. The van der Waals surface area contributed by atoms with Crippen molar-refractivity contribution in [3.8, 4) is 0 Å². The van der Waals surface area contributed by atoms with Crippen LogP contribution >= 0.6 is 12.4 Å². The van der Waals surface area contributed by atoms with Gasteiger partial charge in [0.25, 0.3) is 0 Å². The molecule has 1 heterocycles. The van der Waals surface area contributed by atoms with E-state index in [-0.39, 0.29) is 36.5 Å². The second-order valence-corrected chi connectivity index (χ2v) is 6.63. The van der Waals surface area contributed by atoms with E-state index in [1.165, 1.54) is 4.90 Å². The fourth-order valence-corrected chi connectivity index (χ4v) is 3.34. The van der Waals surface area contributed by atoms with Crippen LogP contribution in [0.15, 0.2) is 30.3 Å². The molecule has 1 fully saturated rings. The Morgan fingerprint density at radius 2 is 1.95 bits per heavy atom. The molecule has 0 saturated carbocycles. The third kappa shape index (κ3) is 4.19. The normalized spacial score (nSPS) is 18.7. The van der Waals surface area contributed by atoms with E-state index in [0.717, 1.165) is 5.56 Å². The smallest absolute Gasteiger partial charge is 0.240 e. The zero-order chi connectivity index (χ0) is 13.2. The van der Waals surface area contributed by atoms with E-state index >= 15 is 0 Å². The first-order valence-corrected chi connectivity index (χ1v) is 7.59. The summed E-state index contributed by atoms with van der Waals surface area (Å²) in [5, 5.41) is 0. The van der Waals surface area contributed by atoms with Crippen molar-refractivity contribution < 1.29 is 13.2 Å². The molecule has 0 radical (unpaired) electrons. The van der Waals surface area contributed by atoms with Gasteiger partial charge < -0.3 is 10.6 Å². The number of rotatable bonds is 3. The Morgan fingerprint density at radius 1 is 1.32 bits per heavy atom. The van der Waals surface area contributed by atoms with E-state index in [2.05, 4.69) is 0 Å². The van der Waals surface area contributed by atoms with Gasteiger partial charge in [0.15, 0.2) is 9.84 Å². The molecule has 19 heavy (non-hydrogen) atoms. The monoisotopic (exact) mass is 304 g/mol. The zero-order valence-corrected chi connectivity index (χ0v) is 12.0. The molecule has 0 aliphatic carbocycles. The number of sulfone groups is 1. The van der Waals surface area contributed by atoms with Crippen molar-refractivity contribution in [1.29, 1.82) is 0 Å². The number of carbonyl (C=O) groups is 1. The number of nitrogens with two attached hydrogens (primary N) is 1. The van der Waals surface area contributed by atoms with E-state index in [1.807, 2.05) is 30.3 Å². The molecule has 1 saturated heterocycles. The Balaban J connectivity index is 0.00000180. The fraction of sp³-hybridized carbons (Fsp3) is 0.417. The summed E-state index contributed by atoms with van der Waals surface area (Å²) in [7, 11) is -3.10. The van der Waals surface area contributed by atoms with Gasteiger partial charge in [0, 0.05) is 6.54 Å². The Hall–Kier alpha value is -1.11. The van der Waals surface area contributed by atoms with Crippen molar-refractivity contribution >= 4 is 28.2 Å². The molecule has 0 spiro atoms. The number of halogens is 1. The fourth-order valence-electron chi connectivity index (χ4n) is 1.98. The van der Waals surface area contributed by atoms with Crippen LogP contribution in [0.1, 0.15) is 5.56 Å². The summed E-state index contributed by atoms with van der Waals surface area (Å²) in [6.45, 7) is 0.254. The number of nitrogens with zero attached hydrogens (tertiary/aromatic N) is 1. The molecule has 2 N–H and O–H groups in total. The minimum Gasteiger partial charge on any atom is -0.326 e. The van der Waals surface area contributed by atoms with Crippen molar-refractivity contribution in [3.63, 3.8) is 0 Å². The molecule has 1 amide bonds. The Morgan fingerprint density at radius 3 is 2.47 bits per heavy atom. The van der Waals surface area contributed by atoms with Crippen LogP contribution in [0, 0.1) is 0 Å². The van der Waals surface area contributed by atoms with Gasteiger partial charge in [-0.2, -0.15) is 0 Å². The molecule has 1 atom stereocenters. The van der Waals surface area contributed by atoms with Crippen molar-refractivity contribution in [2.45, 2.75) is 12.5 Å². The minimum atomic E-state index is -3.10. The van der Waals surface area contributed by atoms with Crippen LogP contribution in [0.5, 0.6) is 0 Å². The lowest BCUT2D eigenvalue weighted by molar-refractivity contribution is -0.131. The summed E-state index contributed by atoms with van der Waals surface area (Å²) in [5.41, 5.74) is 6.80. The first kappa shape index (κ1) is 15.9. The van der Waals surface area contributed by atoms with Crippen LogP contribution in [0.4, 0.5) is 0 Å². The SMILES string of the molecule is Cl.NC(Cc1ccccc1)C(=O)N1CCS(=O)(=O)C1. The Bertz CT molecular complexity index is 533. The summed E-state index contributed by atoms with van der Waals surface area (Å²) < 4.78 is 22.6. The average Bonchev–Trinajstić information content (AvgIpc) is 2.70. The average molecular weight is 305 g/mol. The van der Waals surface area contributed by atoms with Crippen LogP contribution in [-0.4, -0.2) is 43.4 Å². The van der Waals surface area contributed by atoms with Crippen molar-refractivity contribution in [2.24, 2.45) is 5.73 Å². The van der Waals surface area contributed by atoms with Crippen LogP contribution in [0.25, 0.3) is 0 Å². The first-order valence-electron chi connectivity index (χ1n) is 5.77. The van der Waals surface area contributed by atoms with Gasteiger partial charge in [0.05, 0.1) is 11.8 Å². The first-order chi connectivity index (χ1) is 8.48. The molecular formula is C12H17ClN2O3S. The highest BCUT2D eigenvalue weighted by molar-refractivity contribution is 7.91. The summed E-state index contributed by atoms with van der Waals surface area (Å²) in [6, 6.07) is 8.77. The van der Waals surface area contributed by atoms with Gasteiger partial charge >= 0.3 is 0 Å². The molecule has 1 aliphatic heterocycles. The topological polar surface area (TPSA) is 80.5 Å². The van der Waals surface area contributed by atoms with E-state index in [4.69, 9.17) is 5.73 Å².